The van der Waals surface area contributed by atoms with Crippen molar-refractivity contribution in [2.24, 2.45) is 0 Å². The van der Waals surface area contributed by atoms with Crippen molar-refractivity contribution in [3.63, 3.8) is 0 Å². The van der Waals surface area contributed by atoms with Gasteiger partial charge in [-0.05, 0) is 24.1 Å². The standard InChI is InChI=1S/C20H23N3O4S/c1-4-8-27-14-7-6-12(10-15(14)26-3)13-11-16(24)21-18-17(13)19(25)23-20(22-18)28-9-5-2/h5-7,10,13H,2,4,8-9,11H2,1,3H3,(H2,21,22,23,24,25)/t13-/m0/s1. The number of anilines is 1. The Hall–Kier alpha value is -2.74. The SMILES string of the molecule is C=CCSc1nc2c(c(=O)[nH]1)[C@H](c1ccc(OCCC)c(OC)c1)CC(=O)N2. The fraction of sp³-hybridized carbons (Fsp3) is 0.350. The molecular formula is C20H23N3O4S. The number of aromatic nitrogens is 2. The first-order valence-electron chi connectivity index (χ1n) is 9.05. The Kier molecular flexibility index (Phi) is 6.41. The Balaban J connectivity index is 2.01. The molecule has 1 amide bonds. The summed E-state index contributed by atoms with van der Waals surface area (Å²) in [5.74, 6) is 1.53. The van der Waals surface area contributed by atoms with Gasteiger partial charge in [-0.3, -0.25) is 9.59 Å². The highest BCUT2D eigenvalue weighted by atomic mass is 32.2. The van der Waals surface area contributed by atoms with Gasteiger partial charge >= 0.3 is 0 Å². The fourth-order valence-corrected chi connectivity index (χ4v) is 3.67. The lowest BCUT2D eigenvalue weighted by Crippen LogP contribution is -2.31. The Labute approximate surface area is 167 Å². The summed E-state index contributed by atoms with van der Waals surface area (Å²) in [5, 5.41) is 3.17. The molecule has 28 heavy (non-hydrogen) atoms. The Morgan fingerprint density at radius 3 is 2.89 bits per heavy atom. The topological polar surface area (TPSA) is 93.3 Å². The third-order valence-corrected chi connectivity index (χ3v) is 5.19. The molecule has 0 unspecified atom stereocenters. The molecule has 1 atom stereocenters. The van der Waals surface area contributed by atoms with Crippen LogP contribution in [0.5, 0.6) is 11.5 Å². The zero-order chi connectivity index (χ0) is 20.1. The van der Waals surface area contributed by atoms with Crippen molar-refractivity contribution in [3.8, 4) is 11.5 Å². The highest BCUT2D eigenvalue weighted by molar-refractivity contribution is 7.99. The second-order valence-electron chi connectivity index (χ2n) is 6.30. The minimum Gasteiger partial charge on any atom is -0.493 e. The summed E-state index contributed by atoms with van der Waals surface area (Å²) < 4.78 is 11.1. The van der Waals surface area contributed by atoms with Crippen LogP contribution in [0.3, 0.4) is 0 Å². The number of methoxy groups -OCH3 is 1. The van der Waals surface area contributed by atoms with E-state index in [4.69, 9.17) is 9.47 Å². The number of H-pyrrole nitrogens is 1. The van der Waals surface area contributed by atoms with E-state index in [9.17, 15) is 9.59 Å². The number of aromatic amines is 1. The summed E-state index contributed by atoms with van der Waals surface area (Å²) in [5.41, 5.74) is 0.995. The molecule has 3 rings (SSSR count). The summed E-state index contributed by atoms with van der Waals surface area (Å²) in [6, 6.07) is 5.49. The van der Waals surface area contributed by atoms with Crippen molar-refractivity contribution in [2.75, 3.05) is 24.8 Å². The first kappa shape index (κ1) is 20.0. The van der Waals surface area contributed by atoms with Crippen LogP contribution in [0.15, 0.2) is 40.8 Å². The van der Waals surface area contributed by atoms with Gasteiger partial charge in [-0.15, -0.1) is 6.58 Å². The zero-order valence-corrected chi connectivity index (χ0v) is 16.7. The Morgan fingerprint density at radius 2 is 2.18 bits per heavy atom. The van der Waals surface area contributed by atoms with Gasteiger partial charge in [-0.2, -0.15) is 0 Å². The third kappa shape index (κ3) is 4.22. The van der Waals surface area contributed by atoms with Gasteiger partial charge in [0.25, 0.3) is 5.56 Å². The van der Waals surface area contributed by atoms with Crippen molar-refractivity contribution in [1.29, 1.82) is 0 Å². The maximum atomic E-state index is 12.8. The molecule has 1 aliphatic rings. The number of hydrogen-bond acceptors (Lipinski definition) is 6. The van der Waals surface area contributed by atoms with E-state index in [1.807, 2.05) is 25.1 Å². The fourth-order valence-electron chi connectivity index (χ4n) is 3.07. The van der Waals surface area contributed by atoms with E-state index in [-0.39, 0.29) is 17.9 Å². The van der Waals surface area contributed by atoms with Crippen molar-refractivity contribution in [3.05, 3.63) is 52.3 Å². The van der Waals surface area contributed by atoms with Gasteiger partial charge in [0.05, 0.1) is 19.3 Å². The monoisotopic (exact) mass is 401 g/mol. The van der Waals surface area contributed by atoms with E-state index < -0.39 is 5.92 Å². The molecule has 0 bridgehead atoms. The Morgan fingerprint density at radius 1 is 1.36 bits per heavy atom. The van der Waals surface area contributed by atoms with E-state index in [0.717, 1.165) is 12.0 Å². The van der Waals surface area contributed by atoms with Crippen LogP contribution in [0, 0.1) is 0 Å². The summed E-state index contributed by atoms with van der Waals surface area (Å²) in [7, 11) is 1.57. The van der Waals surface area contributed by atoms with Crippen LogP contribution >= 0.6 is 11.8 Å². The van der Waals surface area contributed by atoms with Crippen LogP contribution in [0.25, 0.3) is 0 Å². The molecule has 2 N–H and O–H groups in total. The molecule has 0 spiro atoms. The molecule has 0 fully saturated rings. The molecule has 0 saturated heterocycles. The largest absolute Gasteiger partial charge is 0.493 e. The van der Waals surface area contributed by atoms with Gasteiger partial charge in [0.15, 0.2) is 16.7 Å². The van der Waals surface area contributed by atoms with Crippen molar-refractivity contribution >= 4 is 23.5 Å². The zero-order valence-electron chi connectivity index (χ0n) is 15.9. The molecule has 8 heteroatoms. The summed E-state index contributed by atoms with van der Waals surface area (Å²) in [6.45, 7) is 6.27. The van der Waals surface area contributed by atoms with E-state index >= 15 is 0 Å². The van der Waals surface area contributed by atoms with Crippen LogP contribution in [0.1, 0.15) is 36.8 Å². The summed E-state index contributed by atoms with van der Waals surface area (Å²) in [6.07, 6.45) is 2.77. The normalized spacial score (nSPS) is 15.5. The lowest BCUT2D eigenvalue weighted by Gasteiger charge is -2.25. The highest BCUT2D eigenvalue weighted by Gasteiger charge is 2.31. The molecule has 0 radical (unpaired) electrons. The first-order valence-corrected chi connectivity index (χ1v) is 10.0. The van der Waals surface area contributed by atoms with Crippen LogP contribution in [-0.2, 0) is 4.79 Å². The molecule has 2 aromatic rings. The number of hydrogen-bond donors (Lipinski definition) is 2. The lowest BCUT2D eigenvalue weighted by atomic mass is 9.86. The number of benzene rings is 1. The van der Waals surface area contributed by atoms with Gasteiger partial charge in [-0.1, -0.05) is 30.8 Å². The van der Waals surface area contributed by atoms with Crippen LogP contribution in [-0.4, -0.2) is 35.3 Å². The molecule has 7 nitrogen and oxygen atoms in total. The molecule has 148 valence electrons. The second-order valence-corrected chi connectivity index (χ2v) is 7.31. The lowest BCUT2D eigenvalue weighted by molar-refractivity contribution is -0.116. The van der Waals surface area contributed by atoms with E-state index in [2.05, 4.69) is 21.9 Å². The van der Waals surface area contributed by atoms with Gasteiger partial charge in [-0.25, -0.2) is 4.98 Å². The number of fused-ring (bicyclic) bond motifs is 1. The maximum absolute atomic E-state index is 12.8. The van der Waals surface area contributed by atoms with Gasteiger partial charge in [0.2, 0.25) is 5.91 Å². The summed E-state index contributed by atoms with van der Waals surface area (Å²) in [4.78, 5) is 32.2. The first-order chi connectivity index (χ1) is 13.6. The molecule has 0 aliphatic carbocycles. The van der Waals surface area contributed by atoms with Gasteiger partial charge < -0.3 is 19.8 Å². The molecule has 0 saturated carbocycles. The molecule has 1 aromatic heterocycles. The van der Waals surface area contributed by atoms with Crippen molar-refractivity contribution < 1.29 is 14.3 Å². The number of ether oxygens (including phenoxy) is 2. The average Bonchev–Trinajstić information content (AvgIpc) is 2.69. The quantitative estimate of drug-likeness (QED) is 0.400. The van der Waals surface area contributed by atoms with Crippen molar-refractivity contribution in [1.82, 2.24) is 9.97 Å². The van der Waals surface area contributed by atoms with Crippen LogP contribution < -0.4 is 20.3 Å². The smallest absolute Gasteiger partial charge is 0.257 e. The maximum Gasteiger partial charge on any atom is 0.257 e. The highest BCUT2D eigenvalue weighted by Crippen LogP contribution is 2.38. The minimum atomic E-state index is -0.410. The number of thioether (sulfide) groups is 1. The second kappa shape index (κ2) is 8.97. The average molecular weight is 401 g/mol. The van der Waals surface area contributed by atoms with Gasteiger partial charge in [0, 0.05) is 18.1 Å². The van der Waals surface area contributed by atoms with E-state index in [1.165, 1.54) is 11.8 Å². The predicted molar refractivity (Wildman–Crippen MR) is 110 cm³/mol. The number of carbonyl (C=O) groups is 1. The van der Waals surface area contributed by atoms with Crippen LogP contribution in [0.4, 0.5) is 5.82 Å². The molecule has 1 aliphatic heterocycles. The van der Waals surface area contributed by atoms with Gasteiger partial charge in [0.1, 0.15) is 5.82 Å². The molecule has 1 aromatic carbocycles. The number of nitrogens with zero attached hydrogens (tertiary/aromatic N) is 1. The number of amides is 1. The summed E-state index contributed by atoms with van der Waals surface area (Å²) >= 11 is 1.35. The van der Waals surface area contributed by atoms with Crippen LogP contribution in [0.2, 0.25) is 0 Å². The molecule has 2 heterocycles. The van der Waals surface area contributed by atoms with Crippen molar-refractivity contribution in [2.45, 2.75) is 30.8 Å². The predicted octanol–water partition coefficient (Wildman–Crippen LogP) is 3.32. The number of carbonyl (C=O) groups excluding carboxylic acids is 1. The van der Waals surface area contributed by atoms with E-state index in [0.29, 0.717) is 40.4 Å². The number of nitrogens with one attached hydrogen (secondary N) is 2. The number of rotatable bonds is 8. The molecular weight excluding hydrogens is 378 g/mol. The van der Waals surface area contributed by atoms with E-state index in [1.54, 1.807) is 13.2 Å². The minimum absolute atomic E-state index is 0.162. The third-order valence-electron chi connectivity index (χ3n) is 4.32. The Bertz CT molecular complexity index is 942.